The molecule has 0 saturated heterocycles. The summed E-state index contributed by atoms with van der Waals surface area (Å²) in [5.41, 5.74) is 1.74. The first-order valence-corrected chi connectivity index (χ1v) is 8.70. The molecule has 0 spiro atoms. The number of para-hydroxylation sites is 1. The van der Waals surface area contributed by atoms with Gasteiger partial charge in [0.05, 0.1) is 12.0 Å². The Bertz CT molecular complexity index is 918. The molecule has 2 rings (SSSR count). The van der Waals surface area contributed by atoms with Gasteiger partial charge < -0.3 is 4.74 Å². The number of nitrogens with zero attached hydrogens (tertiary/aromatic N) is 1. The third kappa shape index (κ3) is 3.92. The van der Waals surface area contributed by atoms with Gasteiger partial charge in [0.2, 0.25) is 9.84 Å². The normalized spacial score (nSPS) is 12.1. The lowest BCUT2D eigenvalue weighted by atomic mass is 10.2. The molecule has 0 heterocycles. The smallest absolute Gasteiger partial charge is 0.216 e. The number of rotatable bonds is 5. The van der Waals surface area contributed by atoms with E-state index in [1.54, 1.807) is 37.5 Å². The zero-order valence-electron chi connectivity index (χ0n) is 13.4. The standard InChI is InChI=1S/C19H17NO3S/c1-15-10-12-17(13-11-15)24(21,22)18(14-20)8-5-7-16-6-3-4-9-19(16)23-2/h3-13H,1-2H3. The molecule has 0 bridgehead atoms. The average molecular weight is 339 g/mol. The number of methoxy groups -OCH3 is 1. The molecule has 0 aromatic heterocycles. The fourth-order valence-corrected chi connectivity index (χ4v) is 3.20. The van der Waals surface area contributed by atoms with Gasteiger partial charge in [0.1, 0.15) is 16.7 Å². The number of nitriles is 1. The Morgan fingerprint density at radius 3 is 2.42 bits per heavy atom. The van der Waals surface area contributed by atoms with Gasteiger partial charge in [-0.3, -0.25) is 0 Å². The van der Waals surface area contributed by atoms with Gasteiger partial charge in [0, 0.05) is 5.56 Å². The van der Waals surface area contributed by atoms with E-state index < -0.39 is 9.84 Å². The first-order valence-electron chi connectivity index (χ1n) is 7.22. The minimum atomic E-state index is -3.82. The van der Waals surface area contributed by atoms with Crippen molar-refractivity contribution >= 4 is 15.9 Å². The van der Waals surface area contributed by atoms with Crippen LogP contribution < -0.4 is 4.74 Å². The molecule has 0 atom stereocenters. The molecule has 122 valence electrons. The first-order chi connectivity index (χ1) is 11.5. The maximum absolute atomic E-state index is 12.5. The number of ether oxygens (including phenoxy) is 1. The highest BCUT2D eigenvalue weighted by molar-refractivity contribution is 7.95. The van der Waals surface area contributed by atoms with Gasteiger partial charge in [-0.1, -0.05) is 48.0 Å². The Kier molecular flexibility index (Phi) is 5.56. The van der Waals surface area contributed by atoms with Crippen molar-refractivity contribution in [3.8, 4) is 11.8 Å². The van der Waals surface area contributed by atoms with Crippen molar-refractivity contribution in [1.29, 1.82) is 5.26 Å². The molecule has 0 aliphatic rings. The average Bonchev–Trinajstić information content (AvgIpc) is 2.59. The molecule has 0 amide bonds. The lowest BCUT2D eigenvalue weighted by Gasteiger charge is -2.03. The van der Waals surface area contributed by atoms with Crippen molar-refractivity contribution in [2.24, 2.45) is 0 Å². The number of allylic oxidation sites excluding steroid dienone is 3. The van der Waals surface area contributed by atoms with E-state index >= 15 is 0 Å². The molecule has 0 radical (unpaired) electrons. The van der Waals surface area contributed by atoms with Crippen LogP contribution in [0.4, 0.5) is 0 Å². The van der Waals surface area contributed by atoms with E-state index in [0.717, 1.165) is 11.1 Å². The van der Waals surface area contributed by atoms with Crippen LogP contribution in [0.5, 0.6) is 5.75 Å². The second kappa shape index (κ2) is 7.62. The summed E-state index contributed by atoms with van der Waals surface area (Å²) in [4.78, 5) is -0.205. The quantitative estimate of drug-likeness (QED) is 0.612. The van der Waals surface area contributed by atoms with Crippen LogP contribution in [0.3, 0.4) is 0 Å². The molecule has 2 aromatic carbocycles. The minimum Gasteiger partial charge on any atom is -0.496 e. The lowest BCUT2D eigenvalue weighted by Crippen LogP contribution is -2.03. The Labute approximate surface area is 142 Å². The van der Waals surface area contributed by atoms with Crippen LogP contribution in [0.25, 0.3) is 6.08 Å². The summed E-state index contributed by atoms with van der Waals surface area (Å²) in [5, 5.41) is 9.22. The van der Waals surface area contributed by atoms with E-state index in [0.29, 0.717) is 5.75 Å². The van der Waals surface area contributed by atoms with Gasteiger partial charge in [-0.25, -0.2) is 8.42 Å². The van der Waals surface area contributed by atoms with Crippen LogP contribution >= 0.6 is 0 Å². The summed E-state index contributed by atoms with van der Waals surface area (Å²) in [5.74, 6) is 0.669. The molecule has 0 aliphatic heterocycles. The highest BCUT2D eigenvalue weighted by Gasteiger charge is 2.19. The van der Waals surface area contributed by atoms with E-state index in [9.17, 15) is 13.7 Å². The Balaban J connectivity index is 2.34. The monoisotopic (exact) mass is 339 g/mol. The molecule has 0 unspecified atom stereocenters. The van der Waals surface area contributed by atoms with Gasteiger partial charge in [-0.15, -0.1) is 0 Å². The Morgan fingerprint density at radius 1 is 1.12 bits per heavy atom. The van der Waals surface area contributed by atoms with Gasteiger partial charge in [-0.2, -0.15) is 5.26 Å². The molecule has 0 fully saturated rings. The summed E-state index contributed by atoms with van der Waals surface area (Å²) in [6, 6.07) is 15.5. The van der Waals surface area contributed by atoms with Gasteiger partial charge in [0.15, 0.2) is 0 Å². The SMILES string of the molecule is COc1ccccc1C=CC=C(C#N)S(=O)(=O)c1ccc(C)cc1. The third-order valence-corrected chi connectivity index (χ3v) is 5.09. The second-order valence-electron chi connectivity index (χ2n) is 5.06. The van der Waals surface area contributed by atoms with E-state index in [-0.39, 0.29) is 9.80 Å². The summed E-state index contributed by atoms with van der Waals surface area (Å²) in [6.07, 6.45) is 4.52. The van der Waals surface area contributed by atoms with Crippen molar-refractivity contribution in [1.82, 2.24) is 0 Å². The molecule has 5 heteroatoms. The zero-order chi connectivity index (χ0) is 17.6. The van der Waals surface area contributed by atoms with Crippen LogP contribution in [0, 0.1) is 18.3 Å². The zero-order valence-corrected chi connectivity index (χ0v) is 14.2. The molecule has 2 aromatic rings. The van der Waals surface area contributed by atoms with Crippen molar-refractivity contribution < 1.29 is 13.2 Å². The fraction of sp³-hybridized carbons (Fsp3) is 0.105. The molecular formula is C19H17NO3S. The predicted octanol–water partition coefficient (Wildman–Crippen LogP) is 3.90. The molecule has 4 nitrogen and oxygen atoms in total. The first kappa shape index (κ1) is 17.5. The molecule has 24 heavy (non-hydrogen) atoms. The van der Waals surface area contributed by atoms with E-state index in [2.05, 4.69) is 0 Å². The molecule has 0 aliphatic carbocycles. The van der Waals surface area contributed by atoms with E-state index in [1.807, 2.05) is 25.1 Å². The highest BCUT2D eigenvalue weighted by atomic mass is 32.2. The van der Waals surface area contributed by atoms with Crippen LogP contribution in [0.1, 0.15) is 11.1 Å². The summed E-state index contributed by atoms with van der Waals surface area (Å²) in [6.45, 7) is 1.87. The largest absolute Gasteiger partial charge is 0.496 e. The lowest BCUT2D eigenvalue weighted by molar-refractivity contribution is 0.414. The Morgan fingerprint density at radius 2 is 1.79 bits per heavy atom. The number of sulfone groups is 1. The summed E-state index contributed by atoms with van der Waals surface area (Å²) in [7, 11) is -2.26. The van der Waals surface area contributed by atoms with Crippen molar-refractivity contribution in [2.75, 3.05) is 7.11 Å². The fourth-order valence-electron chi connectivity index (χ4n) is 2.07. The van der Waals surface area contributed by atoms with Gasteiger partial charge in [0.25, 0.3) is 0 Å². The van der Waals surface area contributed by atoms with Crippen LogP contribution in [0.2, 0.25) is 0 Å². The van der Waals surface area contributed by atoms with E-state index in [4.69, 9.17) is 4.74 Å². The predicted molar refractivity (Wildman–Crippen MR) is 94.1 cm³/mol. The molecule has 0 N–H and O–H groups in total. The van der Waals surface area contributed by atoms with Crippen molar-refractivity contribution in [2.45, 2.75) is 11.8 Å². The van der Waals surface area contributed by atoms with E-state index in [1.165, 1.54) is 24.3 Å². The van der Waals surface area contributed by atoms with Crippen LogP contribution in [-0.4, -0.2) is 15.5 Å². The summed E-state index contributed by atoms with van der Waals surface area (Å²) >= 11 is 0. The van der Waals surface area contributed by atoms with Gasteiger partial charge >= 0.3 is 0 Å². The van der Waals surface area contributed by atoms with Crippen molar-refractivity contribution in [3.63, 3.8) is 0 Å². The maximum Gasteiger partial charge on any atom is 0.216 e. The number of hydrogen-bond donors (Lipinski definition) is 0. The molecule has 0 saturated carbocycles. The van der Waals surface area contributed by atoms with Crippen molar-refractivity contribution in [3.05, 3.63) is 76.7 Å². The van der Waals surface area contributed by atoms with Gasteiger partial charge in [-0.05, 0) is 31.2 Å². The summed E-state index contributed by atoms with van der Waals surface area (Å²) < 4.78 is 30.2. The minimum absolute atomic E-state index is 0.103. The number of benzene rings is 2. The van der Waals surface area contributed by atoms with Crippen LogP contribution in [0.15, 0.2) is 70.5 Å². The topological polar surface area (TPSA) is 67.2 Å². The highest BCUT2D eigenvalue weighted by Crippen LogP contribution is 2.21. The van der Waals surface area contributed by atoms with Crippen LogP contribution in [-0.2, 0) is 9.84 Å². The Hall–Kier alpha value is -2.84. The maximum atomic E-state index is 12.5. The molecular weight excluding hydrogens is 322 g/mol. The number of hydrogen-bond acceptors (Lipinski definition) is 4. The third-order valence-electron chi connectivity index (χ3n) is 3.39. The number of aryl methyl sites for hydroxylation is 1. The second-order valence-corrected chi connectivity index (χ2v) is 6.98.